The summed E-state index contributed by atoms with van der Waals surface area (Å²) < 4.78 is 10.5. The third-order valence-corrected chi connectivity index (χ3v) is 3.37. The van der Waals surface area contributed by atoms with Gasteiger partial charge >= 0.3 is 11.9 Å². The molecular formula is C19H20O4. The van der Waals surface area contributed by atoms with Gasteiger partial charge in [-0.05, 0) is 38.1 Å². The summed E-state index contributed by atoms with van der Waals surface area (Å²) >= 11 is 0. The Hall–Kier alpha value is -2.62. The zero-order chi connectivity index (χ0) is 16.8. The van der Waals surface area contributed by atoms with Crippen LogP contribution >= 0.6 is 0 Å². The molecule has 4 nitrogen and oxygen atoms in total. The van der Waals surface area contributed by atoms with Gasteiger partial charge in [-0.3, -0.25) is 9.59 Å². The summed E-state index contributed by atoms with van der Waals surface area (Å²) in [5.41, 5.74) is 2.17. The maximum Gasteiger partial charge on any atom is 0.314 e. The number of hydrogen-bond donors (Lipinski definition) is 0. The lowest BCUT2D eigenvalue weighted by atomic mass is 10.1. The molecule has 0 saturated carbocycles. The van der Waals surface area contributed by atoms with Crippen LogP contribution in [0.5, 0.6) is 11.5 Å². The molecule has 0 aliphatic rings. The molecule has 0 amide bonds. The van der Waals surface area contributed by atoms with Gasteiger partial charge in [-0.25, -0.2) is 0 Å². The van der Waals surface area contributed by atoms with Crippen molar-refractivity contribution in [3.8, 4) is 11.5 Å². The van der Waals surface area contributed by atoms with Crippen LogP contribution in [0.25, 0.3) is 0 Å². The van der Waals surface area contributed by atoms with Gasteiger partial charge in [0.2, 0.25) is 0 Å². The molecule has 0 fully saturated rings. The van der Waals surface area contributed by atoms with Crippen LogP contribution in [0, 0.1) is 19.8 Å². The number of aryl methyl sites for hydroxylation is 2. The molecule has 0 aliphatic heterocycles. The van der Waals surface area contributed by atoms with Crippen molar-refractivity contribution in [2.75, 3.05) is 0 Å². The summed E-state index contributed by atoms with van der Waals surface area (Å²) in [5.74, 6) is -0.537. The van der Waals surface area contributed by atoms with E-state index >= 15 is 0 Å². The second kappa shape index (κ2) is 7.58. The minimum absolute atomic E-state index is 0.0292. The number of hydrogen-bond acceptors (Lipinski definition) is 4. The zero-order valence-corrected chi connectivity index (χ0v) is 13.5. The highest BCUT2D eigenvalue weighted by Crippen LogP contribution is 2.16. The van der Waals surface area contributed by atoms with Gasteiger partial charge in [0.15, 0.2) is 0 Å². The Bertz CT molecular complexity index is 672. The van der Waals surface area contributed by atoms with Gasteiger partial charge in [0.1, 0.15) is 11.5 Å². The molecule has 0 N–H and O–H groups in total. The molecule has 120 valence electrons. The first kappa shape index (κ1) is 16.7. The van der Waals surface area contributed by atoms with Gasteiger partial charge in [0.25, 0.3) is 0 Å². The minimum atomic E-state index is -0.575. The fourth-order valence-corrected chi connectivity index (χ4v) is 1.94. The van der Waals surface area contributed by atoms with E-state index in [1.165, 1.54) is 0 Å². The van der Waals surface area contributed by atoms with E-state index in [2.05, 4.69) is 0 Å². The van der Waals surface area contributed by atoms with Crippen LogP contribution in [0.15, 0.2) is 48.5 Å². The minimum Gasteiger partial charge on any atom is -0.427 e. The molecule has 2 aromatic carbocycles. The van der Waals surface area contributed by atoms with E-state index in [-0.39, 0.29) is 6.42 Å². The average Bonchev–Trinajstić information content (AvgIpc) is 2.51. The number of carbonyl (C=O) groups excluding carboxylic acids is 2. The monoisotopic (exact) mass is 312 g/mol. The van der Waals surface area contributed by atoms with Crippen LogP contribution in [0.1, 0.15) is 24.5 Å². The van der Waals surface area contributed by atoms with Gasteiger partial charge in [0, 0.05) is 0 Å². The first-order valence-corrected chi connectivity index (χ1v) is 7.50. The van der Waals surface area contributed by atoms with E-state index in [9.17, 15) is 9.59 Å². The Labute approximate surface area is 136 Å². The highest BCUT2D eigenvalue weighted by Gasteiger charge is 2.20. The van der Waals surface area contributed by atoms with Crippen molar-refractivity contribution in [3.05, 3.63) is 59.7 Å². The molecule has 4 heteroatoms. The van der Waals surface area contributed by atoms with Crippen molar-refractivity contribution in [1.82, 2.24) is 0 Å². The highest BCUT2D eigenvalue weighted by atomic mass is 16.5. The fourth-order valence-electron chi connectivity index (χ4n) is 1.94. The number of rotatable bonds is 5. The summed E-state index contributed by atoms with van der Waals surface area (Å²) in [6, 6.07) is 14.3. The number of carbonyl (C=O) groups is 2. The second-order valence-electron chi connectivity index (χ2n) is 5.63. The smallest absolute Gasteiger partial charge is 0.314 e. The number of esters is 2. The highest BCUT2D eigenvalue weighted by molar-refractivity contribution is 5.82. The van der Waals surface area contributed by atoms with Gasteiger partial charge in [-0.2, -0.15) is 0 Å². The standard InChI is InChI=1S/C19H20O4/c1-13-4-8-16(9-5-13)22-18(20)12-15(3)19(21)23-17-10-6-14(2)7-11-17/h4-11,15H,12H2,1-3H3. The molecule has 23 heavy (non-hydrogen) atoms. The number of ether oxygens (including phenoxy) is 2. The maximum atomic E-state index is 12.0. The maximum absolute atomic E-state index is 12.0. The normalized spacial score (nSPS) is 11.6. The third-order valence-electron chi connectivity index (χ3n) is 3.37. The Morgan fingerprint density at radius 2 is 1.26 bits per heavy atom. The molecular weight excluding hydrogens is 292 g/mol. The van der Waals surface area contributed by atoms with Crippen LogP contribution < -0.4 is 9.47 Å². The Kier molecular flexibility index (Phi) is 5.52. The van der Waals surface area contributed by atoms with E-state index in [4.69, 9.17) is 9.47 Å². The van der Waals surface area contributed by atoms with Crippen LogP contribution in [-0.2, 0) is 9.59 Å². The Morgan fingerprint density at radius 1 is 0.826 bits per heavy atom. The van der Waals surface area contributed by atoms with Crippen LogP contribution in [-0.4, -0.2) is 11.9 Å². The summed E-state index contributed by atoms with van der Waals surface area (Å²) in [6.45, 7) is 5.55. The van der Waals surface area contributed by atoms with E-state index in [0.717, 1.165) is 11.1 Å². The first-order chi connectivity index (χ1) is 10.9. The lowest BCUT2D eigenvalue weighted by molar-refractivity contribution is -0.144. The molecule has 0 radical (unpaired) electrons. The molecule has 0 spiro atoms. The summed E-state index contributed by atoms with van der Waals surface area (Å²) in [5, 5.41) is 0. The molecule has 0 heterocycles. The SMILES string of the molecule is Cc1ccc(OC(=O)CC(C)C(=O)Oc2ccc(C)cc2)cc1. The van der Waals surface area contributed by atoms with Gasteiger partial charge in [-0.1, -0.05) is 42.3 Å². The van der Waals surface area contributed by atoms with Gasteiger partial charge in [-0.15, -0.1) is 0 Å². The Balaban J connectivity index is 1.86. The van der Waals surface area contributed by atoms with Crippen LogP contribution in [0.2, 0.25) is 0 Å². The summed E-state index contributed by atoms with van der Waals surface area (Å²) in [4.78, 5) is 23.9. The van der Waals surface area contributed by atoms with Crippen molar-refractivity contribution in [1.29, 1.82) is 0 Å². The van der Waals surface area contributed by atoms with E-state index in [1.54, 1.807) is 31.2 Å². The number of benzene rings is 2. The van der Waals surface area contributed by atoms with E-state index in [1.807, 2.05) is 38.1 Å². The Morgan fingerprint density at radius 3 is 1.74 bits per heavy atom. The van der Waals surface area contributed by atoms with Gasteiger partial charge in [0.05, 0.1) is 12.3 Å². The quantitative estimate of drug-likeness (QED) is 0.622. The topological polar surface area (TPSA) is 52.6 Å². The fraction of sp³-hybridized carbons (Fsp3) is 0.263. The van der Waals surface area contributed by atoms with Gasteiger partial charge < -0.3 is 9.47 Å². The van der Waals surface area contributed by atoms with Crippen molar-refractivity contribution in [3.63, 3.8) is 0 Å². The lowest BCUT2D eigenvalue weighted by Gasteiger charge is -2.11. The van der Waals surface area contributed by atoms with Crippen molar-refractivity contribution < 1.29 is 19.1 Å². The van der Waals surface area contributed by atoms with E-state index < -0.39 is 17.9 Å². The zero-order valence-electron chi connectivity index (χ0n) is 13.5. The van der Waals surface area contributed by atoms with Crippen molar-refractivity contribution >= 4 is 11.9 Å². The van der Waals surface area contributed by atoms with Crippen molar-refractivity contribution in [2.45, 2.75) is 27.2 Å². The summed E-state index contributed by atoms with van der Waals surface area (Å²) in [7, 11) is 0. The molecule has 0 aliphatic carbocycles. The molecule has 0 aromatic heterocycles. The largest absolute Gasteiger partial charge is 0.427 e. The van der Waals surface area contributed by atoms with Crippen molar-refractivity contribution in [2.24, 2.45) is 5.92 Å². The molecule has 2 rings (SSSR count). The average molecular weight is 312 g/mol. The summed E-state index contributed by atoms with van der Waals surface area (Å²) in [6.07, 6.45) is -0.0292. The first-order valence-electron chi connectivity index (χ1n) is 7.50. The molecule has 2 aromatic rings. The predicted octanol–water partition coefficient (Wildman–Crippen LogP) is 3.84. The lowest BCUT2D eigenvalue weighted by Crippen LogP contribution is -2.22. The van der Waals surface area contributed by atoms with E-state index in [0.29, 0.717) is 11.5 Å². The molecule has 1 unspecified atom stereocenters. The second-order valence-corrected chi connectivity index (χ2v) is 5.63. The van der Waals surface area contributed by atoms with Crippen LogP contribution in [0.3, 0.4) is 0 Å². The molecule has 1 atom stereocenters. The molecule has 0 bridgehead atoms. The van der Waals surface area contributed by atoms with Crippen LogP contribution in [0.4, 0.5) is 0 Å². The molecule has 0 saturated heterocycles. The third kappa shape index (κ3) is 5.25. The predicted molar refractivity (Wildman–Crippen MR) is 87.4 cm³/mol.